The number of sulfone groups is 1. The zero-order chi connectivity index (χ0) is 28.3. The van der Waals surface area contributed by atoms with Crippen LogP contribution < -0.4 is 10.9 Å². The number of aromatic nitrogens is 1. The van der Waals surface area contributed by atoms with E-state index in [1.165, 1.54) is 43.3 Å². The third-order valence-corrected chi connectivity index (χ3v) is 7.52. The topological polar surface area (TPSA) is 88.5 Å². The van der Waals surface area contributed by atoms with Crippen LogP contribution in [0.1, 0.15) is 27.2 Å². The molecule has 0 unspecified atom stereocenters. The second-order valence-electron chi connectivity index (χ2n) is 8.64. The summed E-state index contributed by atoms with van der Waals surface area (Å²) in [6.07, 6.45) is -1.45. The number of hydrogen-bond acceptors (Lipinski definition) is 5. The molecular weight excluding hydrogens is 543 g/mol. The Kier molecular flexibility index (Phi) is 8.73. The van der Waals surface area contributed by atoms with E-state index in [0.717, 1.165) is 28.8 Å². The number of carbonyl (C=O) groups is 1. The number of hydrogen-bond donors (Lipinski definition) is 1. The number of carbonyl (C=O) groups excluding carboxylic acids is 1. The third kappa shape index (κ3) is 6.84. The highest BCUT2D eigenvalue weighted by molar-refractivity contribution is 7.91. The summed E-state index contributed by atoms with van der Waals surface area (Å²) in [4.78, 5) is 27.8. The average Bonchev–Trinajstić information content (AvgIpc) is 2.84. The van der Waals surface area contributed by atoms with Crippen molar-refractivity contribution < 1.29 is 26.4 Å². The molecule has 0 spiro atoms. The third-order valence-electron chi connectivity index (χ3n) is 5.52. The van der Waals surface area contributed by atoms with E-state index in [9.17, 15) is 31.2 Å². The van der Waals surface area contributed by atoms with Gasteiger partial charge in [-0.3, -0.25) is 14.2 Å². The lowest BCUT2D eigenvalue weighted by Gasteiger charge is -2.15. The number of rotatable bonds is 8. The number of alkyl halides is 3. The van der Waals surface area contributed by atoms with Crippen molar-refractivity contribution in [3.8, 4) is 5.69 Å². The van der Waals surface area contributed by atoms with Crippen LogP contribution in [-0.2, 0) is 22.6 Å². The Morgan fingerprint density at radius 2 is 1.76 bits per heavy atom. The maximum atomic E-state index is 13.2. The van der Waals surface area contributed by atoms with Crippen LogP contribution in [0.3, 0.4) is 0 Å². The minimum atomic E-state index is -4.62. The normalized spacial score (nSPS) is 12.1. The molecule has 0 bridgehead atoms. The molecule has 0 aliphatic heterocycles. The number of amides is 1. The van der Waals surface area contributed by atoms with Gasteiger partial charge < -0.3 is 10.2 Å². The maximum absolute atomic E-state index is 13.2. The van der Waals surface area contributed by atoms with E-state index in [0.29, 0.717) is 5.56 Å². The van der Waals surface area contributed by atoms with Crippen molar-refractivity contribution in [2.24, 2.45) is 0 Å². The van der Waals surface area contributed by atoms with E-state index < -0.39 is 33.0 Å². The van der Waals surface area contributed by atoms with Crippen LogP contribution in [-0.4, -0.2) is 43.6 Å². The average molecular weight is 568 g/mol. The highest BCUT2D eigenvalue weighted by Gasteiger charge is 2.31. The van der Waals surface area contributed by atoms with E-state index in [4.69, 9.17) is 11.6 Å². The Morgan fingerprint density at radius 3 is 2.37 bits per heavy atom. The van der Waals surface area contributed by atoms with E-state index in [2.05, 4.69) is 5.32 Å². The van der Waals surface area contributed by atoms with Crippen LogP contribution in [0.2, 0.25) is 5.02 Å². The first-order chi connectivity index (χ1) is 17.7. The molecule has 1 heterocycles. The number of pyridine rings is 1. The predicted octanol–water partition coefficient (Wildman–Crippen LogP) is 4.60. The number of nitrogens with one attached hydrogen (secondary N) is 1. The van der Waals surface area contributed by atoms with Crippen LogP contribution in [0.25, 0.3) is 5.69 Å². The summed E-state index contributed by atoms with van der Waals surface area (Å²) in [5.74, 6) is -0.962. The molecule has 1 N–H and O–H groups in total. The van der Waals surface area contributed by atoms with Gasteiger partial charge in [-0.2, -0.15) is 13.2 Å². The second kappa shape index (κ2) is 11.4. The summed E-state index contributed by atoms with van der Waals surface area (Å²) in [5.41, 5.74) is -1.49. The summed E-state index contributed by atoms with van der Waals surface area (Å²) >= 11 is 6.22. The molecule has 12 heteroatoms. The first-order valence-electron chi connectivity index (χ1n) is 11.2. The smallest absolute Gasteiger partial charge is 0.384 e. The molecule has 1 aromatic heterocycles. The lowest BCUT2D eigenvalue weighted by Crippen LogP contribution is -2.33. The summed E-state index contributed by atoms with van der Waals surface area (Å²) in [6.45, 7) is 1.42. The molecule has 0 saturated carbocycles. The fraction of sp³-hybridized carbons (Fsp3) is 0.231. The Balaban J connectivity index is 1.82. The monoisotopic (exact) mass is 567 g/mol. The summed E-state index contributed by atoms with van der Waals surface area (Å²) < 4.78 is 65.4. The Labute approximate surface area is 223 Å². The van der Waals surface area contributed by atoms with Gasteiger partial charge in [0.2, 0.25) is 0 Å². The minimum Gasteiger partial charge on any atom is -0.384 e. The zero-order valence-corrected chi connectivity index (χ0v) is 22.3. The number of halogens is 4. The van der Waals surface area contributed by atoms with Gasteiger partial charge in [0.1, 0.15) is 5.56 Å². The van der Waals surface area contributed by atoms with E-state index >= 15 is 0 Å². The van der Waals surface area contributed by atoms with Gasteiger partial charge in [-0.25, -0.2) is 8.42 Å². The largest absolute Gasteiger partial charge is 0.416 e. The Hall–Kier alpha value is -3.57. The van der Waals surface area contributed by atoms with Gasteiger partial charge in [0, 0.05) is 32.0 Å². The highest BCUT2D eigenvalue weighted by atomic mass is 35.5. The SMILES string of the molecule is Cc1c(Cl)cc(C(=O)NCc2ccc(S(=O)(=O)CC=CN(C)C)cc2)c(=O)n1-c1cccc(C(F)(F)F)c1. The highest BCUT2D eigenvalue weighted by Crippen LogP contribution is 2.30. The molecule has 0 saturated heterocycles. The van der Waals surface area contributed by atoms with Crippen molar-refractivity contribution in [2.45, 2.75) is 24.5 Å². The molecule has 3 rings (SSSR count). The van der Waals surface area contributed by atoms with E-state index in [-0.39, 0.29) is 39.2 Å². The summed E-state index contributed by atoms with van der Waals surface area (Å²) in [5, 5.41) is 2.58. The molecular formula is C26H25ClF3N3O4S. The maximum Gasteiger partial charge on any atom is 0.416 e. The van der Waals surface area contributed by atoms with Crippen LogP contribution in [0, 0.1) is 6.92 Å². The molecule has 1 amide bonds. The number of benzene rings is 2. The zero-order valence-electron chi connectivity index (χ0n) is 20.7. The van der Waals surface area contributed by atoms with Crippen molar-refractivity contribution in [1.29, 1.82) is 0 Å². The van der Waals surface area contributed by atoms with Crippen molar-refractivity contribution in [2.75, 3.05) is 19.8 Å². The molecule has 0 radical (unpaired) electrons. The molecule has 3 aromatic rings. The van der Waals surface area contributed by atoms with Gasteiger partial charge in [0.15, 0.2) is 9.84 Å². The van der Waals surface area contributed by atoms with Gasteiger partial charge in [0.05, 0.1) is 21.2 Å². The first-order valence-corrected chi connectivity index (χ1v) is 13.3. The van der Waals surface area contributed by atoms with Crippen molar-refractivity contribution in [3.63, 3.8) is 0 Å². The lowest BCUT2D eigenvalue weighted by molar-refractivity contribution is -0.137. The van der Waals surface area contributed by atoms with Crippen LogP contribution in [0.5, 0.6) is 0 Å². The van der Waals surface area contributed by atoms with Crippen LogP contribution in [0.4, 0.5) is 13.2 Å². The van der Waals surface area contributed by atoms with E-state index in [1.807, 2.05) is 0 Å². The fourth-order valence-electron chi connectivity index (χ4n) is 3.54. The minimum absolute atomic E-state index is 0.0186. The van der Waals surface area contributed by atoms with Crippen molar-refractivity contribution in [1.82, 2.24) is 14.8 Å². The second-order valence-corrected chi connectivity index (χ2v) is 11.1. The molecule has 0 fully saturated rings. The fourth-order valence-corrected chi connectivity index (χ4v) is 4.81. The Bertz CT molecular complexity index is 1530. The molecule has 202 valence electrons. The van der Waals surface area contributed by atoms with Crippen LogP contribution >= 0.6 is 11.6 Å². The van der Waals surface area contributed by atoms with Gasteiger partial charge in [-0.1, -0.05) is 35.9 Å². The number of nitrogens with zero attached hydrogens (tertiary/aromatic N) is 2. The van der Waals surface area contributed by atoms with Gasteiger partial charge in [0.25, 0.3) is 11.5 Å². The first kappa shape index (κ1) is 29.0. The van der Waals surface area contributed by atoms with Crippen LogP contribution in [0.15, 0.2) is 76.6 Å². The lowest BCUT2D eigenvalue weighted by atomic mass is 10.1. The Morgan fingerprint density at radius 1 is 1.11 bits per heavy atom. The summed E-state index contributed by atoms with van der Waals surface area (Å²) in [6, 6.07) is 11.2. The van der Waals surface area contributed by atoms with Crippen molar-refractivity contribution >= 4 is 27.3 Å². The van der Waals surface area contributed by atoms with Gasteiger partial charge in [-0.15, -0.1) is 0 Å². The molecule has 2 aromatic carbocycles. The molecule has 0 aliphatic carbocycles. The molecule has 7 nitrogen and oxygen atoms in total. The van der Waals surface area contributed by atoms with Gasteiger partial charge in [-0.05, 0) is 55.1 Å². The molecule has 0 aliphatic rings. The van der Waals surface area contributed by atoms with Gasteiger partial charge >= 0.3 is 6.18 Å². The van der Waals surface area contributed by atoms with E-state index in [1.54, 1.807) is 25.2 Å². The molecule has 0 atom stereocenters. The quantitative estimate of drug-likeness (QED) is 0.430. The molecule has 38 heavy (non-hydrogen) atoms. The standard InChI is InChI=1S/C26H25ClF3N3O4S/c1-17-23(27)15-22(25(35)33(17)20-7-4-6-19(14-20)26(28,29)30)24(34)31-16-18-8-10-21(11-9-18)38(36,37)13-5-12-32(2)3/h4-12,14-15H,13,16H2,1-3H3,(H,31,34). The van der Waals surface area contributed by atoms with Crippen molar-refractivity contribution in [3.05, 3.63) is 105 Å². The predicted molar refractivity (Wildman–Crippen MR) is 139 cm³/mol. The summed E-state index contributed by atoms with van der Waals surface area (Å²) in [7, 11) is 0.0155.